The first-order valence-electron chi connectivity index (χ1n) is 8.27. The summed E-state index contributed by atoms with van der Waals surface area (Å²) in [5, 5.41) is 18.7. The van der Waals surface area contributed by atoms with Gasteiger partial charge < -0.3 is 15.1 Å². The first kappa shape index (κ1) is 17.9. The van der Waals surface area contributed by atoms with E-state index < -0.39 is 11.2 Å². The number of nitrogens with zero attached hydrogens (tertiary/aromatic N) is 4. The van der Waals surface area contributed by atoms with Gasteiger partial charge in [0.2, 0.25) is 5.95 Å². The number of anilines is 1. The molecule has 3 N–H and O–H groups in total. The second-order valence-electron chi connectivity index (χ2n) is 5.91. The van der Waals surface area contributed by atoms with E-state index in [2.05, 4.69) is 9.97 Å². The van der Waals surface area contributed by atoms with Gasteiger partial charge in [-0.25, -0.2) is 4.79 Å². The third-order valence-corrected chi connectivity index (χ3v) is 4.19. The number of nitrogens with one attached hydrogen (secondary N) is 1. The van der Waals surface area contributed by atoms with E-state index in [-0.39, 0.29) is 37.5 Å². The molecule has 0 aliphatic heterocycles. The molecule has 0 spiro atoms. The van der Waals surface area contributed by atoms with Gasteiger partial charge in [0.1, 0.15) is 0 Å². The summed E-state index contributed by atoms with van der Waals surface area (Å²) in [6.45, 7) is 0.573. The van der Waals surface area contributed by atoms with Crippen LogP contribution in [0.4, 0.5) is 5.95 Å². The predicted octanol–water partition coefficient (Wildman–Crippen LogP) is -0.737. The van der Waals surface area contributed by atoms with E-state index in [9.17, 15) is 19.8 Å². The number of aromatic amines is 1. The zero-order valence-electron chi connectivity index (χ0n) is 14.4. The maximum absolute atomic E-state index is 12.5. The molecule has 0 fully saturated rings. The fraction of sp³-hybridized carbons (Fsp3) is 0.353. The van der Waals surface area contributed by atoms with Crippen molar-refractivity contribution in [2.45, 2.75) is 6.54 Å². The van der Waals surface area contributed by atoms with Crippen molar-refractivity contribution >= 4 is 17.1 Å². The number of rotatable bonds is 7. The van der Waals surface area contributed by atoms with Crippen molar-refractivity contribution in [3.05, 3.63) is 56.7 Å². The standard InChI is InChI=1S/C17H21N5O4/c1-20-14-13(15(25)19-17(20)26)22(11-12-5-3-2-4-6-12)16(18-14)21(7-9-23)8-10-24/h2-6,23-24H,7-11H2,1H3,(H,19,25,26). The highest BCUT2D eigenvalue weighted by molar-refractivity contribution is 5.74. The Kier molecular flexibility index (Phi) is 5.19. The molecule has 0 bridgehead atoms. The van der Waals surface area contributed by atoms with Gasteiger partial charge in [0.05, 0.1) is 19.8 Å². The lowest BCUT2D eigenvalue weighted by molar-refractivity contribution is 0.279. The Morgan fingerprint density at radius 2 is 1.77 bits per heavy atom. The number of hydrogen-bond acceptors (Lipinski definition) is 6. The van der Waals surface area contributed by atoms with Gasteiger partial charge in [-0.3, -0.25) is 18.9 Å². The number of benzene rings is 1. The summed E-state index contributed by atoms with van der Waals surface area (Å²) < 4.78 is 2.98. The fourth-order valence-electron chi connectivity index (χ4n) is 2.93. The van der Waals surface area contributed by atoms with Crippen LogP contribution in [0.25, 0.3) is 11.2 Å². The summed E-state index contributed by atoms with van der Waals surface area (Å²) in [5.41, 5.74) is 0.409. The van der Waals surface area contributed by atoms with Crippen LogP contribution in [0.1, 0.15) is 5.56 Å². The van der Waals surface area contributed by atoms with Gasteiger partial charge in [-0.05, 0) is 5.56 Å². The van der Waals surface area contributed by atoms with Crippen molar-refractivity contribution in [2.75, 3.05) is 31.2 Å². The van der Waals surface area contributed by atoms with Crippen molar-refractivity contribution in [3.63, 3.8) is 0 Å². The lowest BCUT2D eigenvalue weighted by Gasteiger charge is -2.22. The number of aryl methyl sites for hydroxylation is 1. The molecule has 0 aliphatic carbocycles. The maximum atomic E-state index is 12.5. The summed E-state index contributed by atoms with van der Waals surface area (Å²) in [7, 11) is 1.53. The second kappa shape index (κ2) is 7.54. The smallest absolute Gasteiger partial charge is 0.329 e. The Morgan fingerprint density at radius 3 is 2.38 bits per heavy atom. The zero-order chi connectivity index (χ0) is 18.7. The molecule has 9 heteroatoms. The number of aliphatic hydroxyl groups is 2. The molecule has 138 valence electrons. The first-order chi connectivity index (χ1) is 12.6. The molecule has 1 aromatic carbocycles. The fourth-order valence-corrected chi connectivity index (χ4v) is 2.93. The van der Waals surface area contributed by atoms with Crippen molar-refractivity contribution in [1.29, 1.82) is 0 Å². The highest BCUT2D eigenvalue weighted by Crippen LogP contribution is 2.21. The normalized spacial score (nSPS) is 11.2. The number of imidazole rings is 1. The quantitative estimate of drug-likeness (QED) is 0.512. The van der Waals surface area contributed by atoms with Crippen LogP contribution in [-0.4, -0.2) is 55.6 Å². The Hall–Kier alpha value is -2.91. The van der Waals surface area contributed by atoms with Crippen LogP contribution in [0.2, 0.25) is 0 Å². The average molecular weight is 359 g/mol. The van der Waals surface area contributed by atoms with E-state index in [0.717, 1.165) is 5.56 Å². The van der Waals surface area contributed by atoms with Crippen LogP contribution >= 0.6 is 0 Å². The molecule has 0 aliphatic rings. The van der Waals surface area contributed by atoms with E-state index in [0.29, 0.717) is 12.5 Å². The summed E-state index contributed by atoms with van der Waals surface area (Å²) in [4.78, 5) is 32.8. The van der Waals surface area contributed by atoms with Gasteiger partial charge in [0, 0.05) is 20.1 Å². The Morgan fingerprint density at radius 1 is 1.12 bits per heavy atom. The molecule has 2 aromatic heterocycles. The molecule has 0 atom stereocenters. The molecule has 0 unspecified atom stereocenters. The molecule has 0 saturated carbocycles. The number of fused-ring (bicyclic) bond motifs is 1. The molecule has 2 heterocycles. The number of H-pyrrole nitrogens is 1. The van der Waals surface area contributed by atoms with E-state index in [4.69, 9.17) is 0 Å². The van der Waals surface area contributed by atoms with Crippen molar-refractivity contribution in [1.82, 2.24) is 19.1 Å². The summed E-state index contributed by atoms with van der Waals surface area (Å²) in [6.07, 6.45) is 0. The van der Waals surface area contributed by atoms with Crippen LogP contribution in [0.3, 0.4) is 0 Å². The van der Waals surface area contributed by atoms with Gasteiger partial charge in [-0.2, -0.15) is 4.98 Å². The van der Waals surface area contributed by atoms with Gasteiger partial charge in [-0.1, -0.05) is 30.3 Å². The van der Waals surface area contributed by atoms with Gasteiger partial charge in [0.15, 0.2) is 11.2 Å². The molecular formula is C17H21N5O4. The van der Waals surface area contributed by atoms with E-state index in [1.165, 1.54) is 11.6 Å². The zero-order valence-corrected chi connectivity index (χ0v) is 14.4. The summed E-state index contributed by atoms with van der Waals surface area (Å²) in [5.74, 6) is 0.415. The Labute approximate surface area is 148 Å². The maximum Gasteiger partial charge on any atom is 0.329 e. The molecule has 0 radical (unpaired) electrons. The van der Waals surface area contributed by atoms with Gasteiger partial charge >= 0.3 is 5.69 Å². The minimum atomic E-state index is -0.547. The summed E-state index contributed by atoms with van der Waals surface area (Å²) >= 11 is 0. The van der Waals surface area contributed by atoms with Crippen LogP contribution < -0.4 is 16.1 Å². The highest BCUT2D eigenvalue weighted by atomic mass is 16.3. The summed E-state index contributed by atoms with van der Waals surface area (Å²) in [6, 6.07) is 9.54. The molecule has 3 aromatic rings. The number of aromatic nitrogens is 4. The van der Waals surface area contributed by atoms with Crippen LogP contribution in [0.15, 0.2) is 39.9 Å². The molecule has 9 nitrogen and oxygen atoms in total. The Bertz CT molecular complexity index is 1000. The van der Waals surface area contributed by atoms with E-state index >= 15 is 0 Å². The van der Waals surface area contributed by atoms with Gasteiger partial charge in [-0.15, -0.1) is 0 Å². The minimum absolute atomic E-state index is 0.135. The van der Waals surface area contributed by atoms with Crippen molar-refractivity contribution in [2.24, 2.45) is 7.05 Å². The molecule has 0 amide bonds. The second-order valence-corrected chi connectivity index (χ2v) is 5.91. The van der Waals surface area contributed by atoms with Gasteiger partial charge in [0.25, 0.3) is 5.56 Å². The third-order valence-electron chi connectivity index (χ3n) is 4.19. The van der Waals surface area contributed by atoms with E-state index in [1.807, 2.05) is 30.3 Å². The van der Waals surface area contributed by atoms with E-state index in [1.54, 1.807) is 9.47 Å². The monoisotopic (exact) mass is 359 g/mol. The largest absolute Gasteiger partial charge is 0.395 e. The predicted molar refractivity (Wildman–Crippen MR) is 97.5 cm³/mol. The van der Waals surface area contributed by atoms with Crippen LogP contribution in [0, 0.1) is 0 Å². The van der Waals surface area contributed by atoms with Crippen LogP contribution in [-0.2, 0) is 13.6 Å². The number of hydrogen-bond donors (Lipinski definition) is 3. The first-order valence-corrected chi connectivity index (χ1v) is 8.27. The molecule has 0 saturated heterocycles. The highest BCUT2D eigenvalue weighted by Gasteiger charge is 2.21. The van der Waals surface area contributed by atoms with Crippen molar-refractivity contribution < 1.29 is 10.2 Å². The third kappa shape index (κ3) is 3.26. The molecule has 3 rings (SSSR count). The Balaban J connectivity index is 2.26. The molecular weight excluding hydrogens is 338 g/mol. The number of aliphatic hydroxyl groups excluding tert-OH is 2. The lowest BCUT2D eigenvalue weighted by atomic mass is 10.2. The minimum Gasteiger partial charge on any atom is -0.395 e. The lowest BCUT2D eigenvalue weighted by Crippen LogP contribution is -2.32. The average Bonchev–Trinajstić information content (AvgIpc) is 3.00. The SMILES string of the molecule is Cn1c(=O)[nH]c(=O)c2c1nc(N(CCO)CCO)n2Cc1ccccc1. The van der Waals surface area contributed by atoms with Crippen LogP contribution in [0.5, 0.6) is 0 Å². The molecule has 26 heavy (non-hydrogen) atoms. The van der Waals surface area contributed by atoms with Crippen molar-refractivity contribution in [3.8, 4) is 0 Å². The topological polar surface area (TPSA) is 116 Å².